The van der Waals surface area contributed by atoms with E-state index in [2.05, 4.69) is 34.4 Å². The molecule has 1 heterocycles. The highest BCUT2D eigenvalue weighted by Crippen LogP contribution is 2.21. The van der Waals surface area contributed by atoms with E-state index in [1.165, 1.54) is 6.42 Å². The highest BCUT2D eigenvalue weighted by molar-refractivity contribution is 5.84. The second-order valence-corrected chi connectivity index (χ2v) is 6.71. The molecule has 0 bridgehead atoms. The van der Waals surface area contributed by atoms with Gasteiger partial charge in [-0.1, -0.05) is 13.8 Å². The van der Waals surface area contributed by atoms with Gasteiger partial charge in [0, 0.05) is 33.7 Å². The van der Waals surface area contributed by atoms with Crippen molar-refractivity contribution in [3.8, 4) is 0 Å². The van der Waals surface area contributed by atoms with Crippen LogP contribution in [0.5, 0.6) is 0 Å². The van der Waals surface area contributed by atoms with Crippen molar-refractivity contribution in [2.24, 2.45) is 22.2 Å². The van der Waals surface area contributed by atoms with E-state index in [0.29, 0.717) is 18.4 Å². The number of hydrogen-bond acceptors (Lipinski definition) is 2. The standard InChI is InChI=1S/C15H30N4O/c1-11-7-12(2)9-19(8-11)14(17-6)18-10-15(3,4)13(20)16-5/h11-12H,7-10H2,1-6H3,(H,16,20)(H,17,18). The second-order valence-electron chi connectivity index (χ2n) is 6.71. The van der Waals surface area contributed by atoms with Crippen LogP contribution in [-0.2, 0) is 4.79 Å². The average Bonchev–Trinajstić information content (AvgIpc) is 2.37. The lowest BCUT2D eigenvalue weighted by Crippen LogP contribution is -2.52. The third-order valence-corrected chi connectivity index (χ3v) is 3.91. The third-order valence-electron chi connectivity index (χ3n) is 3.91. The second kappa shape index (κ2) is 6.95. The molecular weight excluding hydrogens is 252 g/mol. The summed E-state index contributed by atoms with van der Waals surface area (Å²) in [4.78, 5) is 18.5. The van der Waals surface area contributed by atoms with Crippen LogP contribution in [0.25, 0.3) is 0 Å². The van der Waals surface area contributed by atoms with Crippen molar-refractivity contribution < 1.29 is 4.79 Å². The molecule has 20 heavy (non-hydrogen) atoms. The zero-order valence-electron chi connectivity index (χ0n) is 13.8. The van der Waals surface area contributed by atoms with E-state index in [0.717, 1.165) is 19.0 Å². The molecule has 5 nitrogen and oxygen atoms in total. The average molecular weight is 282 g/mol. The van der Waals surface area contributed by atoms with E-state index >= 15 is 0 Å². The number of carbonyl (C=O) groups excluding carboxylic acids is 1. The molecule has 1 aliphatic heterocycles. The Labute approximate surface area is 123 Å². The maximum absolute atomic E-state index is 11.8. The van der Waals surface area contributed by atoms with Gasteiger partial charge in [-0.05, 0) is 32.1 Å². The summed E-state index contributed by atoms with van der Waals surface area (Å²) in [6.45, 7) is 11.1. The zero-order valence-corrected chi connectivity index (χ0v) is 13.8. The number of likely N-dealkylation sites (tertiary alicyclic amines) is 1. The number of guanidine groups is 1. The summed E-state index contributed by atoms with van der Waals surface area (Å²) in [5, 5.41) is 6.06. The fraction of sp³-hybridized carbons (Fsp3) is 0.867. The number of carbonyl (C=O) groups is 1. The highest BCUT2D eigenvalue weighted by Gasteiger charge is 2.29. The summed E-state index contributed by atoms with van der Waals surface area (Å²) in [5.74, 6) is 2.31. The Bertz CT molecular complexity index is 355. The molecule has 2 N–H and O–H groups in total. The van der Waals surface area contributed by atoms with Crippen molar-refractivity contribution in [3.63, 3.8) is 0 Å². The summed E-state index contributed by atoms with van der Waals surface area (Å²) in [7, 11) is 3.48. The molecule has 1 aliphatic rings. The van der Waals surface area contributed by atoms with Crippen LogP contribution in [0.2, 0.25) is 0 Å². The van der Waals surface area contributed by atoms with Crippen LogP contribution in [0, 0.1) is 17.3 Å². The number of nitrogens with one attached hydrogen (secondary N) is 2. The fourth-order valence-corrected chi connectivity index (χ4v) is 2.89. The van der Waals surface area contributed by atoms with Gasteiger partial charge in [0.25, 0.3) is 0 Å². The molecule has 0 aromatic carbocycles. The Balaban J connectivity index is 2.62. The predicted octanol–water partition coefficient (Wildman–Crippen LogP) is 1.31. The van der Waals surface area contributed by atoms with Gasteiger partial charge in [0.05, 0.1) is 5.41 Å². The molecule has 0 radical (unpaired) electrons. The van der Waals surface area contributed by atoms with Gasteiger partial charge in [-0.2, -0.15) is 0 Å². The van der Waals surface area contributed by atoms with Gasteiger partial charge in [-0.15, -0.1) is 0 Å². The van der Waals surface area contributed by atoms with Gasteiger partial charge in [0.2, 0.25) is 5.91 Å². The Morgan fingerprint density at radius 3 is 2.30 bits per heavy atom. The molecule has 116 valence electrons. The lowest BCUT2D eigenvalue weighted by Gasteiger charge is -2.37. The molecule has 0 aromatic heterocycles. The van der Waals surface area contributed by atoms with Gasteiger partial charge in [0.1, 0.15) is 0 Å². The largest absolute Gasteiger partial charge is 0.359 e. The van der Waals surface area contributed by atoms with Crippen LogP contribution >= 0.6 is 0 Å². The molecule has 1 amide bonds. The number of hydrogen-bond donors (Lipinski definition) is 2. The Kier molecular flexibility index (Phi) is 5.84. The van der Waals surface area contributed by atoms with Gasteiger partial charge >= 0.3 is 0 Å². The van der Waals surface area contributed by atoms with Crippen molar-refractivity contribution in [2.45, 2.75) is 34.1 Å². The first-order chi connectivity index (χ1) is 9.30. The lowest BCUT2D eigenvalue weighted by molar-refractivity contribution is -0.128. The van der Waals surface area contributed by atoms with Crippen molar-refractivity contribution in [2.75, 3.05) is 33.7 Å². The van der Waals surface area contributed by atoms with E-state index in [1.807, 2.05) is 13.8 Å². The minimum Gasteiger partial charge on any atom is -0.359 e. The predicted molar refractivity (Wildman–Crippen MR) is 83.7 cm³/mol. The maximum Gasteiger partial charge on any atom is 0.227 e. The van der Waals surface area contributed by atoms with E-state index < -0.39 is 5.41 Å². The zero-order chi connectivity index (χ0) is 15.3. The molecule has 0 aromatic rings. The monoisotopic (exact) mass is 282 g/mol. The van der Waals surface area contributed by atoms with Crippen molar-refractivity contribution in [1.82, 2.24) is 15.5 Å². The molecule has 0 spiro atoms. The van der Waals surface area contributed by atoms with Crippen molar-refractivity contribution in [1.29, 1.82) is 0 Å². The van der Waals surface area contributed by atoms with Crippen LogP contribution < -0.4 is 10.6 Å². The van der Waals surface area contributed by atoms with Crippen LogP contribution in [0.4, 0.5) is 0 Å². The first-order valence-corrected chi connectivity index (χ1v) is 7.48. The minimum atomic E-state index is -0.447. The third kappa shape index (κ3) is 4.39. The molecule has 1 rings (SSSR count). The molecule has 5 heteroatoms. The Morgan fingerprint density at radius 2 is 1.85 bits per heavy atom. The van der Waals surface area contributed by atoms with Crippen LogP contribution in [0.15, 0.2) is 4.99 Å². The summed E-state index contributed by atoms with van der Waals surface area (Å²) < 4.78 is 0. The highest BCUT2D eigenvalue weighted by atomic mass is 16.2. The maximum atomic E-state index is 11.8. The Morgan fingerprint density at radius 1 is 1.30 bits per heavy atom. The number of nitrogens with zero attached hydrogens (tertiary/aromatic N) is 2. The van der Waals surface area contributed by atoms with E-state index in [1.54, 1.807) is 14.1 Å². The van der Waals surface area contributed by atoms with E-state index in [9.17, 15) is 4.79 Å². The fourth-order valence-electron chi connectivity index (χ4n) is 2.89. The van der Waals surface area contributed by atoms with E-state index in [4.69, 9.17) is 0 Å². The first-order valence-electron chi connectivity index (χ1n) is 7.48. The molecule has 2 atom stereocenters. The molecule has 2 unspecified atom stereocenters. The first kappa shape index (κ1) is 16.8. The molecule has 0 aliphatic carbocycles. The summed E-state index contributed by atoms with van der Waals surface area (Å²) in [6.07, 6.45) is 1.28. The minimum absolute atomic E-state index is 0.0424. The van der Waals surface area contributed by atoms with Crippen LogP contribution in [-0.4, -0.2) is 50.5 Å². The molecule has 1 saturated heterocycles. The van der Waals surface area contributed by atoms with E-state index in [-0.39, 0.29) is 5.91 Å². The Hall–Kier alpha value is -1.26. The van der Waals surface area contributed by atoms with Gasteiger partial charge in [-0.3, -0.25) is 9.79 Å². The van der Waals surface area contributed by atoms with Gasteiger partial charge < -0.3 is 15.5 Å². The normalized spacial score (nSPS) is 24.5. The summed E-state index contributed by atoms with van der Waals surface area (Å²) in [6, 6.07) is 0. The topological polar surface area (TPSA) is 56.7 Å². The van der Waals surface area contributed by atoms with Crippen LogP contribution in [0.1, 0.15) is 34.1 Å². The summed E-state index contributed by atoms with van der Waals surface area (Å²) >= 11 is 0. The number of aliphatic imine (C=N–C) groups is 1. The lowest BCUT2D eigenvalue weighted by atomic mass is 9.91. The molecule has 1 fully saturated rings. The molecule has 0 saturated carbocycles. The quantitative estimate of drug-likeness (QED) is 0.606. The van der Waals surface area contributed by atoms with Gasteiger partial charge in [0.15, 0.2) is 5.96 Å². The van der Waals surface area contributed by atoms with Crippen molar-refractivity contribution in [3.05, 3.63) is 0 Å². The van der Waals surface area contributed by atoms with Crippen LogP contribution in [0.3, 0.4) is 0 Å². The van der Waals surface area contributed by atoms with Crippen molar-refractivity contribution >= 4 is 11.9 Å². The molecular formula is C15H30N4O. The number of amides is 1. The number of rotatable bonds is 3. The number of piperidine rings is 1. The smallest absolute Gasteiger partial charge is 0.227 e. The summed E-state index contributed by atoms with van der Waals surface area (Å²) in [5.41, 5.74) is -0.447. The van der Waals surface area contributed by atoms with Gasteiger partial charge in [-0.25, -0.2) is 0 Å². The SMILES string of the molecule is CN=C(NCC(C)(C)C(=O)NC)N1CC(C)CC(C)C1.